The van der Waals surface area contributed by atoms with Gasteiger partial charge in [-0.05, 0) is 42.0 Å². The van der Waals surface area contributed by atoms with Crippen LogP contribution in [-0.2, 0) is 21.4 Å². The number of hydrogen-bond acceptors (Lipinski definition) is 5. The highest BCUT2D eigenvalue weighted by molar-refractivity contribution is 7.91. The van der Waals surface area contributed by atoms with E-state index < -0.39 is 10.0 Å². The number of amides is 1. The zero-order valence-electron chi connectivity index (χ0n) is 14.6. The van der Waals surface area contributed by atoms with Crippen molar-refractivity contribution in [1.82, 2.24) is 14.6 Å². The Bertz CT molecular complexity index is 942. The van der Waals surface area contributed by atoms with Gasteiger partial charge in [0.2, 0.25) is 5.91 Å². The Morgan fingerprint density at radius 2 is 2.19 bits per heavy atom. The van der Waals surface area contributed by atoms with Crippen molar-refractivity contribution < 1.29 is 13.2 Å². The first kappa shape index (κ1) is 18.9. The van der Waals surface area contributed by atoms with Crippen molar-refractivity contribution in [2.75, 3.05) is 13.1 Å². The summed E-state index contributed by atoms with van der Waals surface area (Å²) < 4.78 is 28.1. The van der Waals surface area contributed by atoms with Crippen molar-refractivity contribution in [3.63, 3.8) is 0 Å². The quantitative estimate of drug-likeness (QED) is 0.798. The summed E-state index contributed by atoms with van der Waals surface area (Å²) in [5, 5.41) is 2.96. The van der Waals surface area contributed by atoms with Crippen LogP contribution in [0.1, 0.15) is 24.8 Å². The van der Waals surface area contributed by atoms with Crippen LogP contribution in [0.25, 0.3) is 0 Å². The van der Waals surface area contributed by atoms with Crippen LogP contribution >= 0.6 is 22.9 Å². The largest absolute Gasteiger partial charge is 0.352 e. The lowest BCUT2D eigenvalue weighted by Gasteiger charge is -2.42. The molecule has 1 N–H and O–H groups in total. The number of sulfonamides is 1. The standard InChI is InChI=1S/C18H20ClN3O3S2/c19-15-4-5-16(26-15)27(24,25)22-11-14(18(12-22)6-2-7-18)17(23)21-10-13-3-1-8-20-9-13/h1,3-5,8-9,14H,2,6-7,10-12H2,(H,21,23). The zero-order chi connectivity index (χ0) is 19.1. The van der Waals surface area contributed by atoms with Gasteiger partial charge in [-0.1, -0.05) is 24.1 Å². The summed E-state index contributed by atoms with van der Waals surface area (Å²) in [5.41, 5.74) is 0.678. The number of rotatable bonds is 5. The van der Waals surface area contributed by atoms with Crippen LogP contribution in [0, 0.1) is 11.3 Å². The molecule has 0 aromatic carbocycles. The van der Waals surface area contributed by atoms with Crippen LogP contribution in [0.2, 0.25) is 4.34 Å². The molecule has 0 bridgehead atoms. The third-order valence-corrected chi connectivity index (χ3v) is 9.12. The van der Waals surface area contributed by atoms with Crippen molar-refractivity contribution in [3.8, 4) is 0 Å². The lowest BCUT2D eigenvalue weighted by atomic mass is 9.62. The first-order chi connectivity index (χ1) is 12.9. The van der Waals surface area contributed by atoms with E-state index in [0.717, 1.165) is 36.2 Å². The average Bonchev–Trinajstić information content (AvgIpc) is 3.25. The fourth-order valence-corrected chi connectivity index (χ4v) is 7.17. The van der Waals surface area contributed by atoms with E-state index in [1.807, 2.05) is 12.1 Å². The van der Waals surface area contributed by atoms with E-state index in [2.05, 4.69) is 10.3 Å². The van der Waals surface area contributed by atoms with E-state index in [-0.39, 0.29) is 28.0 Å². The van der Waals surface area contributed by atoms with E-state index in [1.165, 1.54) is 10.4 Å². The molecule has 2 aromatic heterocycles. The van der Waals surface area contributed by atoms with Crippen LogP contribution in [0.5, 0.6) is 0 Å². The highest BCUT2D eigenvalue weighted by Crippen LogP contribution is 2.53. The number of carbonyl (C=O) groups is 1. The third kappa shape index (κ3) is 3.51. The summed E-state index contributed by atoms with van der Waals surface area (Å²) in [7, 11) is -3.62. The number of carbonyl (C=O) groups excluding carboxylic acids is 1. The number of pyridine rings is 1. The third-order valence-electron chi connectivity index (χ3n) is 5.61. The zero-order valence-corrected chi connectivity index (χ0v) is 17.0. The maximum atomic E-state index is 13.0. The second-order valence-corrected chi connectivity index (χ2v) is 11.1. The first-order valence-corrected chi connectivity index (χ1v) is 11.5. The lowest BCUT2D eigenvalue weighted by Crippen LogP contribution is -2.45. The van der Waals surface area contributed by atoms with E-state index in [9.17, 15) is 13.2 Å². The number of hydrogen-bond donors (Lipinski definition) is 1. The van der Waals surface area contributed by atoms with Gasteiger partial charge in [0.15, 0.2) is 0 Å². The van der Waals surface area contributed by atoms with Gasteiger partial charge in [0.1, 0.15) is 4.21 Å². The monoisotopic (exact) mass is 425 g/mol. The van der Waals surface area contributed by atoms with Crippen molar-refractivity contribution in [2.45, 2.75) is 30.0 Å². The van der Waals surface area contributed by atoms with Gasteiger partial charge in [-0.2, -0.15) is 4.31 Å². The second-order valence-electron chi connectivity index (χ2n) is 7.20. The van der Waals surface area contributed by atoms with Crippen molar-refractivity contribution in [3.05, 3.63) is 46.6 Å². The first-order valence-electron chi connectivity index (χ1n) is 8.83. The van der Waals surface area contributed by atoms with Crippen molar-refractivity contribution >= 4 is 38.9 Å². The molecule has 0 radical (unpaired) electrons. The van der Waals surface area contributed by atoms with Crippen LogP contribution in [0.15, 0.2) is 40.9 Å². The van der Waals surface area contributed by atoms with Crippen molar-refractivity contribution in [2.24, 2.45) is 11.3 Å². The normalized spacial score (nSPS) is 21.9. The van der Waals surface area contributed by atoms with Gasteiger partial charge in [-0.15, -0.1) is 11.3 Å². The van der Waals surface area contributed by atoms with E-state index in [1.54, 1.807) is 18.5 Å². The fraction of sp³-hybridized carbons (Fsp3) is 0.444. The Morgan fingerprint density at radius 1 is 1.37 bits per heavy atom. The summed E-state index contributed by atoms with van der Waals surface area (Å²) in [5.74, 6) is -0.409. The molecule has 6 nitrogen and oxygen atoms in total. The molecule has 1 aliphatic heterocycles. The molecule has 1 saturated heterocycles. The second kappa shape index (κ2) is 7.16. The molecular formula is C18H20ClN3O3S2. The van der Waals surface area contributed by atoms with Crippen molar-refractivity contribution in [1.29, 1.82) is 0 Å². The van der Waals surface area contributed by atoms with Gasteiger partial charge in [0.05, 0.1) is 10.3 Å². The van der Waals surface area contributed by atoms with Crippen LogP contribution < -0.4 is 5.32 Å². The van der Waals surface area contributed by atoms with E-state index in [4.69, 9.17) is 11.6 Å². The predicted molar refractivity (Wildman–Crippen MR) is 104 cm³/mol. The van der Waals surface area contributed by atoms with E-state index in [0.29, 0.717) is 17.4 Å². The van der Waals surface area contributed by atoms with Gasteiger partial charge < -0.3 is 5.32 Å². The topological polar surface area (TPSA) is 79.4 Å². The predicted octanol–water partition coefficient (Wildman–Crippen LogP) is 2.90. The lowest BCUT2D eigenvalue weighted by molar-refractivity contribution is -0.129. The van der Waals surface area contributed by atoms with Crippen LogP contribution in [0.4, 0.5) is 0 Å². The molecule has 1 amide bonds. The SMILES string of the molecule is O=C(NCc1cccnc1)C1CN(S(=O)(=O)c2ccc(Cl)s2)CC12CCC2. The highest BCUT2D eigenvalue weighted by Gasteiger charge is 2.55. The summed E-state index contributed by atoms with van der Waals surface area (Å²) in [6.07, 6.45) is 6.20. The number of halogens is 1. The van der Waals surface area contributed by atoms with Gasteiger partial charge >= 0.3 is 0 Å². The molecule has 1 unspecified atom stereocenters. The van der Waals surface area contributed by atoms with E-state index >= 15 is 0 Å². The average molecular weight is 426 g/mol. The molecule has 144 valence electrons. The number of nitrogens with one attached hydrogen (secondary N) is 1. The summed E-state index contributed by atoms with van der Waals surface area (Å²) in [4.78, 5) is 16.9. The smallest absolute Gasteiger partial charge is 0.252 e. The number of nitrogens with zero attached hydrogens (tertiary/aromatic N) is 2. The molecule has 1 spiro atoms. The Kier molecular flexibility index (Phi) is 5.00. The summed E-state index contributed by atoms with van der Waals surface area (Å²) >= 11 is 6.97. The minimum absolute atomic E-state index is 0.0829. The molecule has 1 aliphatic carbocycles. The maximum Gasteiger partial charge on any atom is 0.252 e. The minimum Gasteiger partial charge on any atom is -0.352 e. The van der Waals surface area contributed by atoms with Gasteiger partial charge in [0.25, 0.3) is 10.0 Å². The fourth-order valence-electron chi connectivity index (χ4n) is 3.98. The summed E-state index contributed by atoms with van der Waals surface area (Å²) in [6.45, 7) is 1.01. The Labute approximate surface area is 167 Å². The molecule has 27 heavy (non-hydrogen) atoms. The van der Waals surface area contributed by atoms with Gasteiger partial charge in [0, 0.05) is 32.0 Å². The highest BCUT2D eigenvalue weighted by atomic mass is 35.5. The molecule has 3 heterocycles. The molecule has 2 aromatic rings. The molecule has 4 rings (SSSR count). The molecule has 2 aliphatic rings. The van der Waals surface area contributed by atoms with Crippen LogP contribution in [0.3, 0.4) is 0 Å². The van der Waals surface area contributed by atoms with Crippen LogP contribution in [-0.4, -0.2) is 36.7 Å². The molecule has 1 saturated carbocycles. The molecule has 1 atom stereocenters. The molecule has 9 heteroatoms. The Balaban J connectivity index is 1.50. The maximum absolute atomic E-state index is 13.0. The Morgan fingerprint density at radius 3 is 2.78 bits per heavy atom. The minimum atomic E-state index is -3.62. The molecule has 2 fully saturated rings. The Hall–Kier alpha value is -1.48. The summed E-state index contributed by atoms with van der Waals surface area (Å²) in [6, 6.07) is 6.85. The number of thiophene rings is 1. The van der Waals surface area contributed by atoms with Gasteiger partial charge in [-0.3, -0.25) is 9.78 Å². The number of aromatic nitrogens is 1. The van der Waals surface area contributed by atoms with Gasteiger partial charge in [-0.25, -0.2) is 8.42 Å². The molecular weight excluding hydrogens is 406 g/mol.